The van der Waals surface area contributed by atoms with E-state index < -0.39 is 10.0 Å². The first-order valence-electron chi connectivity index (χ1n) is 13.2. The number of aryl methyl sites for hydroxylation is 1. The van der Waals surface area contributed by atoms with E-state index in [0.29, 0.717) is 25.4 Å². The quantitative estimate of drug-likeness (QED) is 0.489. The smallest absolute Gasteiger partial charge is 0.242 e. The highest BCUT2D eigenvalue weighted by Crippen LogP contribution is 2.28. The Morgan fingerprint density at radius 1 is 1.08 bits per heavy atom. The van der Waals surface area contributed by atoms with Gasteiger partial charge in [-0.25, -0.2) is 13.3 Å². The lowest BCUT2D eigenvalue weighted by atomic mass is 10.1. The van der Waals surface area contributed by atoms with Crippen molar-refractivity contribution in [3.8, 4) is 5.75 Å². The lowest BCUT2D eigenvalue weighted by Gasteiger charge is -2.43. The number of hydrogen-bond donors (Lipinski definition) is 1. The van der Waals surface area contributed by atoms with Crippen molar-refractivity contribution in [3.63, 3.8) is 0 Å². The van der Waals surface area contributed by atoms with Crippen molar-refractivity contribution >= 4 is 27.3 Å². The van der Waals surface area contributed by atoms with Crippen molar-refractivity contribution in [2.24, 2.45) is 0 Å². The van der Waals surface area contributed by atoms with Gasteiger partial charge in [-0.05, 0) is 82.6 Å². The Labute approximate surface area is 226 Å². The molecule has 2 atom stereocenters. The van der Waals surface area contributed by atoms with Crippen LogP contribution in [0.4, 0.5) is 11.4 Å². The van der Waals surface area contributed by atoms with E-state index >= 15 is 0 Å². The molecule has 0 saturated carbocycles. The number of likely N-dealkylation sites (tertiary alicyclic amines) is 1. The number of nitrogens with zero attached hydrogens (tertiary/aromatic N) is 4. The second kappa shape index (κ2) is 12.3. The highest BCUT2D eigenvalue weighted by molar-refractivity contribution is 7.89. The average molecular weight is 540 g/mol. The van der Waals surface area contributed by atoms with Crippen LogP contribution in [0.3, 0.4) is 0 Å². The molecule has 2 aliphatic rings. The van der Waals surface area contributed by atoms with Crippen LogP contribution >= 0.6 is 0 Å². The highest BCUT2D eigenvalue weighted by Gasteiger charge is 2.38. The van der Waals surface area contributed by atoms with Gasteiger partial charge in [-0.2, -0.15) is 4.31 Å². The van der Waals surface area contributed by atoms with Crippen molar-refractivity contribution in [2.45, 2.75) is 50.6 Å². The zero-order chi connectivity index (χ0) is 27.3. The number of carbonyl (C=O) groups excluding carboxylic acids is 1. The molecule has 10 heteroatoms. The van der Waals surface area contributed by atoms with Crippen LogP contribution in [0.15, 0.2) is 47.4 Å². The number of rotatable bonds is 9. The molecule has 1 N–H and O–H groups in total. The maximum absolute atomic E-state index is 13.4. The van der Waals surface area contributed by atoms with Gasteiger partial charge in [0.1, 0.15) is 12.4 Å². The van der Waals surface area contributed by atoms with Gasteiger partial charge in [0.15, 0.2) is 5.69 Å². The Bertz CT molecular complexity index is 1270. The molecule has 0 aliphatic carbocycles. The fourth-order valence-corrected chi connectivity index (χ4v) is 7.26. The number of piperazine rings is 1. The third-order valence-corrected chi connectivity index (χ3v) is 9.27. The summed E-state index contributed by atoms with van der Waals surface area (Å²) in [4.78, 5) is 20.7. The summed E-state index contributed by atoms with van der Waals surface area (Å²) in [6, 6.07) is 11.1. The van der Waals surface area contributed by atoms with Crippen LogP contribution in [0.1, 0.15) is 32.3 Å². The summed E-state index contributed by atoms with van der Waals surface area (Å²) in [7, 11) is -3.77. The van der Waals surface area contributed by atoms with Crippen LogP contribution in [0.25, 0.3) is 4.85 Å². The minimum Gasteiger partial charge on any atom is -0.492 e. The molecule has 2 aliphatic heterocycles. The fourth-order valence-electron chi connectivity index (χ4n) is 5.41. The Hall–Kier alpha value is -2.97. The second-order valence-electron chi connectivity index (χ2n) is 10.3. The molecule has 204 valence electrons. The topological polar surface area (TPSA) is 86.5 Å². The SMILES string of the molecule is [C-]#[N+]c1cccc(S(=O)(=O)N2[C@H](C)CN(CC(=O)Nc3ccc(OCCN4CCCC4)cc3C)C[C@@H]2C)c1. The largest absolute Gasteiger partial charge is 0.492 e. The number of sulfonamides is 1. The van der Waals surface area contributed by atoms with Gasteiger partial charge in [-0.3, -0.25) is 14.6 Å². The summed E-state index contributed by atoms with van der Waals surface area (Å²) in [5, 5.41) is 2.99. The molecule has 2 aromatic rings. The number of hydrogen-bond acceptors (Lipinski definition) is 6. The van der Waals surface area contributed by atoms with Crippen LogP contribution < -0.4 is 10.1 Å². The first kappa shape index (κ1) is 28.0. The predicted octanol–water partition coefficient (Wildman–Crippen LogP) is 3.74. The molecule has 2 heterocycles. The van der Waals surface area contributed by atoms with Crippen LogP contribution in [0.5, 0.6) is 5.75 Å². The zero-order valence-electron chi connectivity index (χ0n) is 22.4. The van der Waals surface area contributed by atoms with Gasteiger partial charge in [0.05, 0.1) is 18.0 Å². The number of anilines is 1. The van der Waals surface area contributed by atoms with Crippen LogP contribution in [0.2, 0.25) is 0 Å². The monoisotopic (exact) mass is 539 g/mol. The summed E-state index contributed by atoms with van der Waals surface area (Å²) in [6.07, 6.45) is 2.53. The van der Waals surface area contributed by atoms with Gasteiger partial charge in [0, 0.05) is 37.4 Å². The minimum absolute atomic E-state index is 0.120. The van der Waals surface area contributed by atoms with E-state index in [1.807, 2.05) is 43.9 Å². The van der Waals surface area contributed by atoms with Crippen LogP contribution in [-0.4, -0.2) is 86.4 Å². The van der Waals surface area contributed by atoms with Gasteiger partial charge < -0.3 is 10.1 Å². The lowest BCUT2D eigenvalue weighted by molar-refractivity contribution is -0.118. The van der Waals surface area contributed by atoms with E-state index in [4.69, 9.17) is 11.3 Å². The van der Waals surface area contributed by atoms with E-state index in [1.54, 1.807) is 12.1 Å². The molecule has 2 aromatic carbocycles. The van der Waals surface area contributed by atoms with Gasteiger partial charge in [0.2, 0.25) is 15.9 Å². The summed E-state index contributed by atoms with van der Waals surface area (Å²) >= 11 is 0. The van der Waals surface area contributed by atoms with Crippen molar-refractivity contribution in [2.75, 3.05) is 51.2 Å². The molecule has 4 rings (SSSR count). The van der Waals surface area contributed by atoms with Gasteiger partial charge in [0.25, 0.3) is 0 Å². The fraction of sp³-hybridized carbons (Fsp3) is 0.500. The number of carbonyl (C=O) groups is 1. The molecule has 2 saturated heterocycles. The van der Waals surface area contributed by atoms with E-state index in [-0.39, 0.29) is 29.4 Å². The van der Waals surface area contributed by atoms with Crippen LogP contribution in [0, 0.1) is 13.5 Å². The summed E-state index contributed by atoms with van der Waals surface area (Å²) in [6.45, 7) is 17.7. The van der Waals surface area contributed by atoms with Crippen molar-refractivity contribution < 1.29 is 17.9 Å². The summed E-state index contributed by atoms with van der Waals surface area (Å²) in [5.74, 6) is 0.651. The maximum Gasteiger partial charge on any atom is 0.242 e. The summed E-state index contributed by atoms with van der Waals surface area (Å²) < 4.78 is 34.1. The maximum atomic E-state index is 13.4. The number of ether oxygens (including phenoxy) is 1. The molecule has 2 fully saturated rings. The lowest BCUT2D eigenvalue weighted by Crippen LogP contribution is -2.59. The minimum atomic E-state index is -3.77. The summed E-state index contributed by atoms with van der Waals surface area (Å²) in [5.41, 5.74) is 1.96. The molecule has 0 bridgehead atoms. The number of amides is 1. The molecule has 0 spiro atoms. The highest BCUT2D eigenvalue weighted by atomic mass is 32.2. The van der Waals surface area contributed by atoms with Gasteiger partial charge in [-0.1, -0.05) is 12.1 Å². The Morgan fingerprint density at radius 3 is 2.45 bits per heavy atom. The molecule has 0 unspecified atom stereocenters. The first-order chi connectivity index (χ1) is 18.2. The number of benzene rings is 2. The van der Waals surface area contributed by atoms with Crippen LogP contribution in [-0.2, 0) is 14.8 Å². The van der Waals surface area contributed by atoms with E-state index in [9.17, 15) is 13.2 Å². The zero-order valence-corrected chi connectivity index (χ0v) is 23.2. The van der Waals surface area contributed by atoms with E-state index in [0.717, 1.165) is 36.6 Å². The van der Waals surface area contributed by atoms with Gasteiger partial charge >= 0.3 is 0 Å². The molecule has 38 heavy (non-hydrogen) atoms. The normalized spacial score (nSPS) is 21.2. The molecule has 9 nitrogen and oxygen atoms in total. The van der Waals surface area contributed by atoms with Gasteiger partial charge in [-0.15, -0.1) is 0 Å². The third-order valence-electron chi connectivity index (χ3n) is 7.15. The Kier molecular flexibility index (Phi) is 9.05. The standard InChI is InChI=1S/C28H37N5O4S/c1-21-16-25(37-15-14-31-12-5-6-13-31)10-11-27(21)30-28(34)20-32-18-22(2)33(23(3)19-32)38(35,36)26-9-7-8-24(17-26)29-4/h7-11,16-17,22-23H,5-6,12-15,18-20H2,1-3H3,(H,30,34)/t22-,23+. The third kappa shape index (κ3) is 6.72. The first-order valence-corrected chi connectivity index (χ1v) is 14.6. The van der Waals surface area contributed by atoms with Crippen molar-refractivity contribution in [1.82, 2.24) is 14.1 Å². The predicted molar refractivity (Wildman–Crippen MR) is 148 cm³/mol. The number of nitrogens with one attached hydrogen (secondary N) is 1. The second-order valence-corrected chi connectivity index (χ2v) is 12.1. The Balaban J connectivity index is 1.31. The molecule has 1 amide bonds. The molecular formula is C28H37N5O4S. The molecule has 0 aromatic heterocycles. The molecular weight excluding hydrogens is 502 g/mol. The van der Waals surface area contributed by atoms with Crippen molar-refractivity contribution in [3.05, 3.63) is 59.4 Å². The average Bonchev–Trinajstić information content (AvgIpc) is 3.38. The van der Waals surface area contributed by atoms with E-state index in [1.165, 1.54) is 29.3 Å². The Morgan fingerprint density at radius 2 is 1.79 bits per heavy atom. The molecule has 0 radical (unpaired) electrons. The van der Waals surface area contributed by atoms with Crippen molar-refractivity contribution in [1.29, 1.82) is 0 Å². The van der Waals surface area contributed by atoms with E-state index in [2.05, 4.69) is 15.1 Å².